The van der Waals surface area contributed by atoms with Gasteiger partial charge in [-0.2, -0.15) is 0 Å². The number of thiazole rings is 2. The molecule has 0 radical (unpaired) electrons. The first kappa shape index (κ1) is 56.9. The summed E-state index contributed by atoms with van der Waals surface area (Å²) in [7, 11) is 0. The van der Waals surface area contributed by atoms with Crippen molar-refractivity contribution in [1.29, 1.82) is 0 Å². The van der Waals surface area contributed by atoms with E-state index < -0.39 is 17.9 Å². The maximum atomic E-state index is 10.0. The van der Waals surface area contributed by atoms with Crippen molar-refractivity contribution in [2.45, 2.75) is 0 Å². The van der Waals surface area contributed by atoms with Gasteiger partial charge in [-0.3, -0.25) is 15.0 Å². The van der Waals surface area contributed by atoms with Crippen LogP contribution in [0.4, 0.5) is 0 Å². The van der Waals surface area contributed by atoms with E-state index in [1.165, 1.54) is 101 Å². The van der Waals surface area contributed by atoms with Gasteiger partial charge in [0.25, 0.3) is 0 Å². The van der Waals surface area contributed by atoms with Crippen molar-refractivity contribution in [3.63, 3.8) is 0 Å². The largest absolute Gasteiger partial charge is 3.00 e. The summed E-state index contributed by atoms with van der Waals surface area (Å²) in [6, 6.07) is 82.3. The third kappa shape index (κ3) is 12.7. The van der Waals surface area contributed by atoms with Gasteiger partial charge in [0.15, 0.2) is 0 Å². The van der Waals surface area contributed by atoms with E-state index >= 15 is 0 Å². The Morgan fingerprint density at radius 3 is 0.988 bits per heavy atom. The van der Waals surface area contributed by atoms with Crippen LogP contribution in [0, 0.1) is 0 Å². The first-order chi connectivity index (χ1) is 40.7. The third-order valence-electron chi connectivity index (χ3n) is 13.1. The number of carbonyl (C=O) groups is 3. The van der Waals surface area contributed by atoms with Gasteiger partial charge in [0.05, 0.1) is 77.5 Å². The number of rotatable bonds is 7. The van der Waals surface area contributed by atoms with Crippen molar-refractivity contribution in [2.24, 2.45) is 0 Å². The van der Waals surface area contributed by atoms with Crippen LogP contribution in [0.25, 0.3) is 96.6 Å². The summed E-state index contributed by atoms with van der Waals surface area (Å²) >= 11 is 3.49. The molecule has 84 heavy (non-hydrogen) atoms. The van der Waals surface area contributed by atoms with Crippen LogP contribution < -0.4 is 15.3 Å². The van der Waals surface area contributed by atoms with Crippen molar-refractivity contribution >= 4 is 105 Å². The fourth-order valence-corrected chi connectivity index (χ4v) is 11.3. The van der Waals surface area contributed by atoms with Crippen LogP contribution in [0.15, 0.2) is 267 Å². The Balaban J connectivity index is 0.000000130. The summed E-state index contributed by atoms with van der Waals surface area (Å²) in [4.78, 5) is 50.3. The van der Waals surface area contributed by atoms with E-state index in [4.69, 9.17) is 9.97 Å². The average Bonchev–Trinajstić information content (AvgIpc) is 3.17. The van der Waals surface area contributed by atoms with Crippen LogP contribution in [0.2, 0.25) is 0 Å². The quantitative estimate of drug-likeness (QED) is 0.147. The van der Waals surface area contributed by atoms with Crippen molar-refractivity contribution in [2.75, 3.05) is 0 Å². The predicted molar refractivity (Wildman–Crippen MR) is 324 cm³/mol. The topological polar surface area (TPSA) is 195 Å². The molecule has 0 aliphatic carbocycles. The Morgan fingerprint density at radius 1 is 0.333 bits per heavy atom. The number of carboxylic acid groups (broad SMARTS) is 3. The summed E-state index contributed by atoms with van der Waals surface area (Å²) in [5, 5.41) is 37.3. The summed E-state index contributed by atoms with van der Waals surface area (Å²) in [6.45, 7) is 0. The molecule has 0 bridgehead atoms. The standard InChI is InChI=1S/2C25H16N2S.3C6H5NO2.Ir/c2*1-2-8-18(9-3-1)27-22-12-6-4-10-19(22)20-15-14-17(16-23(20)27)25-26-21-11-5-7-13-24(21)28-25;3*8-6(9)5-3-1-2-4-7-5;/h2*1-16H;3*1-4H,(H,8,9);/q;;;;;+3/p-3. The molecule has 0 saturated carbocycles. The zero-order valence-electron chi connectivity index (χ0n) is 44.1. The van der Waals surface area contributed by atoms with Gasteiger partial charge in [0, 0.05) is 62.6 Å². The molecule has 408 valence electrons. The van der Waals surface area contributed by atoms with Gasteiger partial charge in [-0.05, 0) is 109 Å². The van der Waals surface area contributed by atoms with Crippen LogP contribution in [0.3, 0.4) is 0 Å². The van der Waals surface area contributed by atoms with E-state index in [1.54, 1.807) is 59.1 Å². The molecular weight excluding hydrogens is 1270 g/mol. The molecule has 15 rings (SSSR count). The average molecular weight is 1310 g/mol. The predicted octanol–water partition coefficient (Wildman–Crippen LogP) is 12.5. The maximum absolute atomic E-state index is 10.0. The van der Waals surface area contributed by atoms with Crippen molar-refractivity contribution < 1.29 is 49.8 Å². The minimum Gasteiger partial charge on any atom is -0.543 e. The molecule has 0 fully saturated rings. The second kappa shape index (κ2) is 26.5. The molecule has 0 N–H and O–H groups in total. The Morgan fingerprint density at radius 2 is 0.655 bits per heavy atom. The molecule has 7 heterocycles. The van der Waals surface area contributed by atoms with Crippen molar-refractivity contribution in [3.05, 3.63) is 284 Å². The number of pyridine rings is 3. The monoisotopic (exact) mass is 1310 g/mol. The van der Waals surface area contributed by atoms with E-state index in [-0.39, 0.29) is 37.2 Å². The molecule has 13 nitrogen and oxygen atoms in total. The SMILES string of the molecule is O=C([O-])c1ccccn1.O=C([O-])c1ccccn1.O=C([O-])c1ccccn1.[Ir+3].c1ccc(-n2c3ccccc3c3ccc(-c4nc5ccccc5s4)cc32)cc1.c1ccc(-n2c3ccccc3c3ccc(-c4nc5ccccc5s4)cc32)cc1. The molecule has 16 heteroatoms. The number of hydrogen-bond donors (Lipinski definition) is 0. The Bertz CT molecular complexity index is 4320. The van der Waals surface area contributed by atoms with Gasteiger partial charge in [-0.25, -0.2) is 9.97 Å². The van der Waals surface area contributed by atoms with Crippen molar-refractivity contribution in [1.82, 2.24) is 34.1 Å². The number of hydrogen-bond acceptors (Lipinski definition) is 13. The Kier molecular flexibility index (Phi) is 17.9. The van der Waals surface area contributed by atoms with Gasteiger partial charge in [-0.1, -0.05) is 140 Å². The van der Waals surface area contributed by atoms with Crippen molar-refractivity contribution in [3.8, 4) is 32.5 Å². The van der Waals surface area contributed by atoms with E-state index in [9.17, 15) is 29.7 Å². The van der Waals surface area contributed by atoms with Gasteiger partial charge >= 0.3 is 20.1 Å². The van der Waals surface area contributed by atoms with E-state index in [2.05, 4.69) is 206 Å². The summed E-state index contributed by atoms with van der Waals surface area (Å²) < 4.78 is 7.14. The van der Waals surface area contributed by atoms with Gasteiger partial charge in [-0.15, -0.1) is 22.7 Å². The molecule has 0 aliphatic rings. The zero-order chi connectivity index (χ0) is 57.1. The molecule has 0 atom stereocenters. The zero-order valence-corrected chi connectivity index (χ0v) is 48.2. The van der Waals surface area contributed by atoms with Crippen LogP contribution in [0.1, 0.15) is 31.5 Å². The van der Waals surface area contributed by atoms with E-state index in [0.717, 1.165) is 32.2 Å². The fraction of sp³-hybridized carbons (Fsp3) is 0. The number of nitrogens with zero attached hydrogens (tertiary/aromatic N) is 7. The maximum Gasteiger partial charge on any atom is 3.00 e. The summed E-state index contributed by atoms with van der Waals surface area (Å²) in [5.74, 6) is -3.72. The molecule has 8 aromatic carbocycles. The molecule has 0 aliphatic heterocycles. The van der Waals surface area contributed by atoms with E-state index in [0.29, 0.717) is 0 Å². The Labute approximate surface area is 502 Å². The molecule has 0 unspecified atom stereocenters. The molecule has 0 amide bonds. The fourth-order valence-electron chi connectivity index (χ4n) is 9.36. The van der Waals surface area contributed by atoms with Crippen LogP contribution in [0.5, 0.6) is 0 Å². The Hall–Kier alpha value is -10.4. The molecule has 0 spiro atoms. The van der Waals surface area contributed by atoms with Gasteiger partial charge in [0.1, 0.15) is 10.0 Å². The first-order valence-electron chi connectivity index (χ1n) is 25.9. The third-order valence-corrected chi connectivity index (χ3v) is 15.3. The number of carboxylic acids is 3. The van der Waals surface area contributed by atoms with Gasteiger partial charge in [0.2, 0.25) is 0 Å². The summed E-state index contributed by atoms with van der Waals surface area (Å²) in [6.07, 6.45) is 4.22. The molecular formula is C68H44IrN7O6S2. The molecule has 15 aromatic rings. The second-order valence-electron chi connectivity index (χ2n) is 18.3. The normalized spacial score (nSPS) is 10.6. The van der Waals surface area contributed by atoms with Crippen LogP contribution in [-0.4, -0.2) is 52.0 Å². The van der Waals surface area contributed by atoms with Crippen LogP contribution in [-0.2, 0) is 20.1 Å². The summed E-state index contributed by atoms with van der Waals surface area (Å²) in [5.41, 5.74) is 11.6. The first-order valence-corrected chi connectivity index (χ1v) is 27.6. The van der Waals surface area contributed by atoms with Gasteiger partial charge < -0.3 is 38.8 Å². The number of para-hydroxylation sites is 6. The van der Waals surface area contributed by atoms with E-state index in [1.807, 2.05) is 12.1 Å². The number of aromatic carboxylic acids is 3. The molecule has 0 saturated heterocycles. The number of fused-ring (bicyclic) bond motifs is 8. The number of benzene rings is 8. The number of carbonyl (C=O) groups excluding carboxylic acids is 3. The minimum atomic E-state index is -1.24. The smallest absolute Gasteiger partial charge is 0.543 e. The number of aromatic nitrogens is 7. The second-order valence-corrected chi connectivity index (χ2v) is 20.4. The van der Waals surface area contributed by atoms with Crippen LogP contribution >= 0.6 is 22.7 Å². The molecule has 7 aromatic heterocycles. The minimum absolute atomic E-state index is 0.